The van der Waals surface area contributed by atoms with Gasteiger partial charge in [0, 0.05) is 16.0 Å². The number of aliphatic carboxylic acids is 1. The molecule has 0 aliphatic carbocycles. The average Bonchev–Trinajstić information content (AvgIpc) is 2.86. The van der Waals surface area contributed by atoms with Crippen LogP contribution in [0.25, 0.3) is 17.2 Å². The van der Waals surface area contributed by atoms with Gasteiger partial charge in [-0.3, -0.25) is 0 Å². The lowest BCUT2D eigenvalue weighted by Crippen LogP contribution is -1.94. The molecule has 100 valence electrons. The molecule has 1 heterocycles. The van der Waals surface area contributed by atoms with Crippen LogP contribution in [0, 0.1) is 17.1 Å². The van der Waals surface area contributed by atoms with Crippen molar-refractivity contribution < 1.29 is 14.3 Å². The normalized spacial score (nSPS) is 11.2. The Balaban J connectivity index is 2.37. The van der Waals surface area contributed by atoms with Crippen LogP contribution in [0.3, 0.4) is 0 Å². The van der Waals surface area contributed by atoms with Crippen molar-refractivity contribution in [3.63, 3.8) is 0 Å². The summed E-state index contributed by atoms with van der Waals surface area (Å²) < 4.78 is 13.9. The first kappa shape index (κ1) is 14.0. The number of carboxylic acids is 1. The van der Waals surface area contributed by atoms with E-state index in [1.165, 1.54) is 30.4 Å². The minimum absolute atomic E-state index is 0.221. The zero-order valence-electron chi connectivity index (χ0n) is 10.6. The van der Waals surface area contributed by atoms with Gasteiger partial charge in [0.25, 0.3) is 0 Å². The minimum atomic E-state index is -0.982. The lowest BCUT2D eigenvalue weighted by molar-refractivity contribution is -0.132. The van der Waals surface area contributed by atoms with Crippen molar-refractivity contribution in [2.75, 3.05) is 0 Å². The molecule has 0 saturated carbocycles. The Morgan fingerprint density at radius 1 is 1.45 bits per heavy atom. The van der Waals surface area contributed by atoms with E-state index in [9.17, 15) is 9.18 Å². The Bertz CT molecular complexity index is 741. The zero-order valence-corrected chi connectivity index (χ0v) is 11.4. The number of nitriles is 1. The summed E-state index contributed by atoms with van der Waals surface area (Å²) in [4.78, 5) is 11.5. The summed E-state index contributed by atoms with van der Waals surface area (Å²) >= 11 is 1.34. The van der Waals surface area contributed by atoms with Crippen LogP contribution in [-0.4, -0.2) is 11.1 Å². The summed E-state index contributed by atoms with van der Waals surface area (Å²) in [6.07, 6.45) is 1.54. The summed E-state index contributed by atoms with van der Waals surface area (Å²) in [5, 5.41) is 19.3. The van der Waals surface area contributed by atoms with Crippen LogP contribution >= 0.6 is 11.3 Å². The highest BCUT2D eigenvalue weighted by atomic mass is 32.1. The van der Waals surface area contributed by atoms with Gasteiger partial charge in [0.05, 0.1) is 11.6 Å². The maximum Gasteiger partial charge on any atom is 0.331 e. The van der Waals surface area contributed by atoms with Gasteiger partial charge in [-0.2, -0.15) is 5.26 Å². The standard InChI is InChI=1S/C15H10FNO2S/c1-9(15(18)19)4-12-6-11(8-20-12)13-3-2-10(7-17)5-14(13)16/h2-6,8H,1H3,(H,18,19)/b9-4+. The van der Waals surface area contributed by atoms with Gasteiger partial charge in [0.2, 0.25) is 0 Å². The molecule has 0 fully saturated rings. The molecular weight excluding hydrogens is 277 g/mol. The maximum atomic E-state index is 13.9. The lowest BCUT2D eigenvalue weighted by Gasteiger charge is -2.00. The van der Waals surface area contributed by atoms with Crippen molar-refractivity contribution in [2.24, 2.45) is 0 Å². The fourth-order valence-corrected chi connectivity index (χ4v) is 2.56. The Kier molecular flexibility index (Phi) is 3.97. The third-order valence-corrected chi connectivity index (χ3v) is 3.60. The highest BCUT2D eigenvalue weighted by Gasteiger charge is 2.09. The fraction of sp³-hybridized carbons (Fsp3) is 0.0667. The van der Waals surface area contributed by atoms with Gasteiger partial charge < -0.3 is 5.11 Å². The van der Waals surface area contributed by atoms with Gasteiger partial charge in [-0.05, 0) is 42.1 Å². The van der Waals surface area contributed by atoms with Crippen LogP contribution in [0.2, 0.25) is 0 Å². The number of hydrogen-bond donors (Lipinski definition) is 1. The molecule has 2 aromatic rings. The molecule has 1 N–H and O–H groups in total. The molecule has 3 nitrogen and oxygen atoms in total. The van der Waals surface area contributed by atoms with E-state index in [2.05, 4.69) is 0 Å². The van der Waals surface area contributed by atoms with E-state index in [0.717, 1.165) is 4.88 Å². The predicted molar refractivity (Wildman–Crippen MR) is 75.7 cm³/mol. The largest absolute Gasteiger partial charge is 0.478 e. The van der Waals surface area contributed by atoms with Gasteiger partial charge in [0.15, 0.2) is 0 Å². The highest BCUT2D eigenvalue weighted by Crippen LogP contribution is 2.29. The van der Waals surface area contributed by atoms with Gasteiger partial charge in [-0.25, -0.2) is 9.18 Å². The molecule has 0 bridgehead atoms. The van der Waals surface area contributed by atoms with Crippen molar-refractivity contribution in [3.05, 3.63) is 51.5 Å². The number of halogens is 1. The second kappa shape index (κ2) is 5.68. The number of carbonyl (C=O) groups is 1. The third kappa shape index (κ3) is 2.92. The van der Waals surface area contributed by atoms with Crippen LogP contribution in [0.4, 0.5) is 4.39 Å². The summed E-state index contributed by atoms with van der Waals surface area (Å²) in [5.74, 6) is -1.45. The molecule has 0 aliphatic heterocycles. The van der Waals surface area contributed by atoms with Crippen molar-refractivity contribution in [3.8, 4) is 17.2 Å². The lowest BCUT2D eigenvalue weighted by atomic mass is 10.1. The Morgan fingerprint density at radius 3 is 2.80 bits per heavy atom. The summed E-state index contributed by atoms with van der Waals surface area (Å²) in [5.41, 5.74) is 1.55. The van der Waals surface area contributed by atoms with E-state index in [0.29, 0.717) is 11.1 Å². The van der Waals surface area contributed by atoms with Crippen molar-refractivity contribution >= 4 is 23.4 Å². The van der Waals surface area contributed by atoms with Gasteiger partial charge in [-0.1, -0.05) is 6.07 Å². The first-order chi connectivity index (χ1) is 9.51. The Labute approximate surface area is 119 Å². The van der Waals surface area contributed by atoms with Crippen LogP contribution < -0.4 is 0 Å². The SMILES string of the molecule is C/C(=C\c1cc(-c2ccc(C#N)cc2F)cs1)C(=O)O. The molecule has 0 aliphatic rings. The van der Waals surface area contributed by atoms with E-state index in [-0.39, 0.29) is 11.1 Å². The summed E-state index contributed by atoms with van der Waals surface area (Å²) in [7, 11) is 0. The van der Waals surface area contributed by atoms with Crippen molar-refractivity contribution in [1.82, 2.24) is 0 Å². The predicted octanol–water partition coefficient (Wildman–Crippen LogP) is 3.91. The fourth-order valence-electron chi connectivity index (χ4n) is 1.66. The van der Waals surface area contributed by atoms with Crippen molar-refractivity contribution in [2.45, 2.75) is 6.92 Å². The van der Waals surface area contributed by atoms with E-state index in [1.54, 1.807) is 23.6 Å². The third-order valence-electron chi connectivity index (χ3n) is 2.73. The molecule has 20 heavy (non-hydrogen) atoms. The Hall–Kier alpha value is -2.45. The molecule has 0 unspecified atom stereocenters. The smallest absolute Gasteiger partial charge is 0.331 e. The molecule has 0 saturated heterocycles. The monoisotopic (exact) mass is 287 g/mol. The zero-order chi connectivity index (χ0) is 14.7. The highest BCUT2D eigenvalue weighted by molar-refractivity contribution is 7.11. The molecule has 1 aromatic carbocycles. The first-order valence-electron chi connectivity index (χ1n) is 5.71. The van der Waals surface area contributed by atoms with Gasteiger partial charge in [0.1, 0.15) is 5.82 Å². The summed E-state index contributed by atoms with van der Waals surface area (Å²) in [6.45, 7) is 1.50. The van der Waals surface area contributed by atoms with Crippen LogP contribution in [0.15, 0.2) is 35.2 Å². The maximum absolute atomic E-state index is 13.9. The van der Waals surface area contributed by atoms with Gasteiger partial charge in [-0.15, -0.1) is 11.3 Å². The quantitative estimate of drug-likeness (QED) is 0.870. The molecule has 5 heteroatoms. The van der Waals surface area contributed by atoms with E-state index >= 15 is 0 Å². The number of thiophene rings is 1. The minimum Gasteiger partial charge on any atom is -0.478 e. The molecule has 0 amide bonds. The molecule has 1 aromatic heterocycles. The molecule has 0 radical (unpaired) electrons. The topological polar surface area (TPSA) is 61.1 Å². The van der Waals surface area contributed by atoms with E-state index < -0.39 is 11.8 Å². The van der Waals surface area contributed by atoms with E-state index in [4.69, 9.17) is 10.4 Å². The average molecular weight is 287 g/mol. The van der Waals surface area contributed by atoms with Crippen molar-refractivity contribution in [1.29, 1.82) is 5.26 Å². The molecule has 0 spiro atoms. The number of benzene rings is 1. The number of hydrogen-bond acceptors (Lipinski definition) is 3. The molecular formula is C15H10FNO2S. The second-order valence-electron chi connectivity index (χ2n) is 4.18. The Morgan fingerprint density at radius 2 is 2.20 bits per heavy atom. The number of nitrogens with zero attached hydrogens (tertiary/aromatic N) is 1. The number of rotatable bonds is 3. The van der Waals surface area contributed by atoms with Gasteiger partial charge >= 0.3 is 5.97 Å². The molecule has 2 rings (SSSR count). The van der Waals surface area contributed by atoms with Crippen LogP contribution in [0.1, 0.15) is 17.4 Å². The summed E-state index contributed by atoms with van der Waals surface area (Å²) in [6, 6.07) is 7.89. The first-order valence-corrected chi connectivity index (χ1v) is 6.59. The van der Waals surface area contributed by atoms with Crippen LogP contribution in [-0.2, 0) is 4.79 Å². The molecule has 0 atom stereocenters. The van der Waals surface area contributed by atoms with Crippen LogP contribution in [0.5, 0.6) is 0 Å². The number of carboxylic acid groups (broad SMARTS) is 1. The second-order valence-corrected chi connectivity index (χ2v) is 5.12. The van der Waals surface area contributed by atoms with E-state index in [1.807, 2.05) is 6.07 Å².